The topological polar surface area (TPSA) is 55.4 Å². The van der Waals surface area contributed by atoms with Gasteiger partial charge in [0.2, 0.25) is 0 Å². The van der Waals surface area contributed by atoms with Gasteiger partial charge in [-0.2, -0.15) is 0 Å². The SMILES string of the molecule is c1cc2ccc3c4c2c(c1)n(-c1ccncc1)c1ccc2cccc(c2c1-4)n3-c1ccncc1.c1ccc(-c2ccc(-n3c4ccc5cccc6c5c4-c4c5c(cccc53)ccc4n6-c3ccc(-c4ccccc4)cc3)cc2)cc1.c1ccc(-c2cccc(-n3c4ccc5cccc6c5c4-c4c5c(cccc53)ccc4n6-c3cccc(-c4ccccc4)c3)c2)cc1. The monoisotopic (exact) mass is 1600 g/mol. The molecule has 0 radical (unpaired) electrons. The number of aromatic nitrogens is 8. The summed E-state index contributed by atoms with van der Waals surface area (Å²) in [6, 6.07) is 154. The summed E-state index contributed by atoms with van der Waals surface area (Å²) in [5.41, 5.74) is 39.0. The molecule has 28 rings (SSSR count). The molecule has 0 bridgehead atoms. The Morgan fingerprint density at radius 2 is 0.325 bits per heavy atom. The normalized spacial score (nSPS) is 12.0. The maximum Gasteiger partial charge on any atom is 0.0548 e. The number of hydrogen-bond donors (Lipinski definition) is 0. The van der Waals surface area contributed by atoms with Gasteiger partial charge in [0.1, 0.15) is 0 Å². The van der Waals surface area contributed by atoms with Crippen LogP contribution < -0.4 is 0 Å². The minimum Gasteiger partial charge on any atom is -0.309 e. The Kier molecular flexibility index (Phi) is 15.9. The minimum absolute atomic E-state index is 1.11. The molecule has 0 N–H and O–H groups in total. The second kappa shape index (κ2) is 28.3. The van der Waals surface area contributed by atoms with Crippen LogP contribution in [0, 0.1) is 0 Å². The standard InChI is InChI=1S/2C44H28N2.C30H18N4/c1-3-11-29(12-4-1)33-17-7-19-35(27-33)45-37-21-9-15-31-24-26-40-44(41(31)37)43-39(45)25-23-32-16-10-22-38(42(32)43)46(40)36-20-8-18-34(28-36)30-13-5-2-6-14-30;1-3-9-29(10-4-1)31-17-23-35(24-18-31)45-37-15-7-13-33-22-28-40-44(41(33)37)43-39(45)27-21-34-14-8-16-38(42(34)43)46(40)36-25-19-32(20-26-36)30-11-5-2-6-12-30;1-3-19-7-9-26-29-27(19)23(5-1)33(21-11-15-31-16-12-21)25-10-8-20-4-2-6-24(28(20)30(25)29)34(26)22-13-17-32-18-14-22/h2*1-28H;1-18H. The third-order valence-corrected chi connectivity index (χ3v) is 26.4. The summed E-state index contributed by atoms with van der Waals surface area (Å²) < 4.78 is 14.6. The molecule has 0 atom stereocenters. The Morgan fingerprint density at radius 3 is 0.571 bits per heavy atom. The van der Waals surface area contributed by atoms with Crippen molar-refractivity contribution in [2.24, 2.45) is 0 Å². The second-order valence-corrected chi connectivity index (χ2v) is 33.1. The zero-order chi connectivity index (χ0) is 82.6. The highest BCUT2D eigenvalue weighted by molar-refractivity contribution is 6.30. The predicted octanol–water partition coefficient (Wildman–Crippen LogP) is 30.7. The first-order valence-corrected chi connectivity index (χ1v) is 43.2. The fraction of sp³-hybridized carbons (Fsp3) is 0. The van der Waals surface area contributed by atoms with E-state index in [-0.39, 0.29) is 0 Å². The molecule has 0 saturated carbocycles. The van der Waals surface area contributed by atoms with E-state index in [4.69, 9.17) is 0 Å². The summed E-state index contributed by atoms with van der Waals surface area (Å²) >= 11 is 0. The van der Waals surface area contributed by atoms with Crippen LogP contribution in [-0.4, -0.2) is 37.4 Å². The molecule has 126 heavy (non-hydrogen) atoms. The van der Waals surface area contributed by atoms with Crippen molar-refractivity contribution < 1.29 is 0 Å². The fourth-order valence-electron chi connectivity index (χ4n) is 21.1. The van der Waals surface area contributed by atoms with Gasteiger partial charge in [-0.15, -0.1) is 0 Å². The maximum absolute atomic E-state index is 4.27. The first-order chi connectivity index (χ1) is 62.6. The quantitative estimate of drug-likeness (QED) is 0.101. The van der Waals surface area contributed by atoms with Gasteiger partial charge in [0.15, 0.2) is 0 Å². The molecule has 2 aromatic heterocycles. The van der Waals surface area contributed by atoms with Crippen molar-refractivity contribution in [1.82, 2.24) is 37.4 Å². The average Bonchev–Trinajstić information content (AvgIpc) is 0.696. The van der Waals surface area contributed by atoms with E-state index < -0.39 is 0 Å². The van der Waals surface area contributed by atoms with Crippen molar-refractivity contribution in [2.75, 3.05) is 0 Å². The van der Waals surface area contributed by atoms with Gasteiger partial charge < -0.3 is 27.4 Å². The molecule has 6 aliphatic rings. The first kappa shape index (κ1) is 70.9. The molecule has 6 aliphatic heterocycles. The third kappa shape index (κ3) is 10.9. The van der Waals surface area contributed by atoms with Crippen molar-refractivity contribution in [2.45, 2.75) is 0 Å². The van der Waals surface area contributed by atoms with Gasteiger partial charge in [-0.1, -0.05) is 279 Å². The van der Waals surface area contributed by atoms with Gasteiger partial charge in [-0.3, -0.25) is 9.97 Å². The molecule has 0 unspecified atom stereocenters. The van der Waals surface area contributed by atoms with Crippen LogP contribution in [0.15, 0.2) is 449 Å². The van der Waals surface area contributed by atoms with Crippen molar-refractivity contribution in [3.05, 3.63) is 449 Å². The van der Waals surface area contributed by atoms with Crippen LogP contribution in [0.4, 0.5) is 0 Å². The van der Waals surface area contributed by atoms with E-state index in [1.807, 2.05) is 24.8 Å². The van der Waals surface area contributed by atoms with Crippen LogP contribution in [0.25, 0.3) is 243 Å². The smallest absolute Gasteiger partial charge is 0.0548 e. The summed E-state index contributed by atoms with van der Waals surface area (Å²) in [7, 11) is 0. The van der Waals surface area contributed by atoms with E-state index >= 15 is 0 Å². The van der Waals surface area contributed by atoms with E-state index in [0.29, 0.717) is 0 Å². The van der Waals surface area contributed by atoms with E-state index in [1.54, 1.807) is 0 Å². The molecular formula is C118H74N8. The summed E-state index contributed by atoms with van der Waals surface area (Å²) in [5.74, 6) is 0. The van der Waals surface area contributed by atoms with Gasteiger partial charge in [-0.05, 0) is 222 Å². The molecule has 0 saturated heterocycles. The number of rotatable bonds is 10. The van der Waals surface area contributed by atoms with Gasteiger partial charge >= 0.3 is 0 Å². The van der Waals surface area contributed by atoms with Gasteiger partial charge in [0.25, 0.3) is 0 Å². The fourth-order valence-corrected chi connectivity index (χ4v) is 21.1. The predicted molar refractivity (Wildman–Crippen MR) is 526 cm³/mol. The summed E-state index contributed by atoms with van der Waals surface area (Å²) in [5, 5.41) is 15.2. The van der Waals surface area contributed by atoms with Crippen LogP contribution in [-0.2, 0) is 0 Å². The molecule has 8 heterocycles. The van der Waals surface area contributed by atoms with Crippen LogP contribution in [0.3, 0.4) is 0 Å². The largest absolute Gasteiger partial charge is 0.309 e. The Morgan fingerprint density at radius 1 is 0.127 bits per heavy atom. The lowest BCUT2D eigenvalue weighted by Gasteiger charge is -2.29. The van der Waals surface area contributed by atoms with Gasteiger partial charge in [0.05, 0.1) is 66.2 Å². The Bertz CT molecular complexity index is 8380. The molecule has 22 aromatic rings. The molecule has 20 aromatic carbocycles. The zero-order valence-electron chi connectivity index (χ0n) is 68.3. The highest BCUT2D eigenvalue weighted by Crippen LogP contribution is 2.54. The molecule has 586 valence electrons. The lowest BCUT2D eigenvalue weighted by molar-refractivity contribution is 1.12. The Hall–Kier alpha value is -16.9. The highest BCUT2D eigenvalue weighted by atomic mass is 15.0. The Balaban J connectivity index is 0.000000102. The molecule has 0 aliphatic carbocycles. The molecule has 8 nitrogen and oxygen atoms in total. The zero-order valence-corrected chi connectivity index (χ0v) is 68.3. The van der Waals surface area contributed by atoms with Crippen LogP contribution in [0.1, 0.15) is 0 Å². The van der Waals surface area contributed by atoms with Gasteiger partial charge in [-0.25, -0.2) is 0 Å². The van der Waals surface area contributed by atoms with Crippen molar-refractivity contribution >= 4 is 131 Å². The minimum atomic E-state index is 1.11. The summed E-state index contributed by atoms with van der Waals surface area (Å²) in [4.78, 5) is 8.54. The van der Waals surface area contributed by atoms with E-state index in [1.165, 1.54) is 209 Å². The number of hydrogen-bond acceptors (Lipinski definition) is 2. The van der Waals surface area contributed by atoms with E-state index in [9.17, 15) is 0 Å². The molecule has 0 fully saturated rings. The van der Waals surface area contributed by atoms with E-state index in [2.05, 4.69) is 462 Å². The average molecular weight is 1600 g/mol. The van der Waals surface area contributed by atoms with Crippen LogP contribution in [0.2, 0.25) is 0 Å². The number of benzene rings is 20. The first-order valence-electron chi connectivity index (χ1n) is 43.2. The van der Waals surface area contributed by atoms with Crippen LogP contribution >= 0.6 is 0 Å². The van der Waals surface area contributed by atoms with Crippen molar-refractivity contribution in [1.29, 1.82) is 0 Å². The third-order valence-electron chi connectivity index (χ3n) is 26.4. The molecule has 0 amide bonds. The van der Waals surface area contributed by atoms with Crippen molar-refractivity contribution in [3.8, 4) is 112 Å². The van der Waals surface area contributed by atoms with E-state index in [0.717, 1.165) is 34.1 Å². The second-order valence-electron chi connectivity index (χ2n) is 33.1. The van der Waals surface area contributed by atoms with Crippen molar-refractivity contribution in [3.63, 3.8) is 0 Å². The lowest BCUT2D eigenvalue weighted by atomic mass is 9.87. The molecule has 8 heteroatoms. The number of nitrogens with zero attached hydrogens (tertiary/aromatic N) is 8. The summed E-state index contributed by atoms with van der Waals surface area (Å²) in [6.45, 7) is 0. The molecule has 0 spiro atoms. The van der Waals surface area contributed by atoms with Crippen LogP contribution in [0.5, 0.6) is 0 Å². The number of pyridine rings is 8. The lowest BCUT2D eigenvalue weighted by Crippen LogP contribution is -2.10. The summed E-state index contributed by atoms with van der Waals surface area (Å²) in [6.07, 6.45) is 7.46. The van der Waals surface area contributed by atoms with Gasteiger partial charge in [0, 0.05) is 125 Å². The highest BCUT2D eigenvalue weighted by Gasteiger charge is 2.32. The Labute approximate surface area is 724 Å². The molecular weight excluding hydrogens is 1530 g/mol. The maximum atomic E-state index is 4.27.